The normalized spacial score (nSPS) is 10.1. The van der Waals surface area contributed by atoms with Crippen LogP contribution in [-0.4, -0.2) is 20.3 Å². The zero-order valence-electron chi connectivity index (χ0n) is 9.17. The minimum Gasteiger partial charge on any atom is -0.508 e. The second-order valence-corrected chi connectivity index (χ2v) is 3.42. The van der Waals surface area contributed by atoms with Crippen LogP contribution in [0, 0.1) is 5.82 Å². The van der Waals surface area contributed by atoms with Gasteiger partial charge in [0, 0.05) is 0 Å². The molecule has 7 heteroatoms. The van der Waals surface area contributed by atoms with Gasteiger partial charge < -0.3 is 9.84 Å². The first kappa shape index (κ1) is 12.1. The Bertz CT molecular complexity index is 551. The van der Waals surface area contributed by atoms with E-state index in [0.717, 1.165) is 6.20 Å². The van der Waals surface area contributed by atoms with Crippen LogP contribution in [0.4, 0.5) is 10.2 Å². The number of phenolic OH excluding ortho intramolecular Hbond substituents is 1. The second-order valence-electron chi connectivity index (χ2n) is 3.42. The van der Waals surface area contributed by atoms with E-state index in [1.165, 1.54) is 12.1 Å². The van der Waals surface area contributed by atoms with E-state index in [4.69, 9.17) is 9.94 Å². The van der Waals surface area contributed by atoms with Crippen molar-refractivity contribution in [1.29, 1.82) is 0 Å². The van der Waals surface area contributed by atoms with Gasteiger partial charge in [0.15, 0.2) is 11.6 Å². The van der Waals surface area contributed by atoms with Crippen LogP contribution in [0.3, 0.4) is 0 Å². The molecule has 0 spiro atoms. The molecular weight excluding hydrogens is 241 g/mol. The molecule has 0 amide bonds. The molecule has 0 aliphatic heterocycles. The van der Waals surface area contributed by atoms with Crippen LogP contribution in [0.25, 0.3) is 0 Å². The number of halogens is 1. The van der Waals surface area contributed by atoms with Crippen molar-refractivity contribution in [2.24, 2.45) is 0 Å². The van der Waals surface area contributed by atoms with Crippen LogP contribution in [0.2, 0.25) is 0 Å². The lowest BCUT2D eigenvalue weighted by atomic mass is 10.2. The standard InChI is InChI=1S/C11H10FN3O3/c12-9-5-13-11(14-10(9)15-17)18-6-7-2-1-3-8(16)4-7/h1-5,16-17H,6H2,(H,13,14,15). The Morgan fingerprint density at radius 3 is 2.94 bits per heavy atom. The highest BCUT2D eigenvalue weighted by molar-refractivity contribution is 5.33. The highest BCUT2D eigenvalue weighted by Crippen LogP contribution is 2.15. The fourth-order valence-electron chi connectivity index (χ4n) is 1.29. The predicted molar refractivity (Wildman–Crippen MR) is 59.8 cm³/mol. The van der Waals surface area contributed by atoms with E-state index in [0.29, 0.717) is 5.56 Å². The maximum Gasteiger partial charge on any atom is 0.318 e. The van der Waals surface area contributed by atoms with Gasteiger partial charge in [-0.3, -0.25) is 5.21 Å². The third-order valence-electron chi connectivity index (χ3n) is 2.11. The Hall–Kier alpha value is -2.41. The first-order valence-corrected chi connectivity index (χ1v) is 5.02. The molecule has 0 bridgehead atoms. The predicted octanol–water partition coefficient (Wildman–Crippen LogP) is 1.70. The number of hydrogen-bond donors (Lipinski definition) is 3. The Balaban J connectivity index is 2.06. The van der Waals surface area contributed by atoms with E-state index < -0.39 is 5.82 Å². The van der Waals surface area contributed by atoms with Crippen LogP contribution in [0.1, 0.15) is 5.56 Å². The van der Waals surface area contributed by atoms with Crippen LogP contribution in [0.15, 0.2) is 30.5 Å². The summed E-state index contributed by atoms with van der Waals surface area (Å²) >= 11 is 0. The van der Waals surface area contributed by atoms with Gasteiger partial charge in [-0.25, -0.2) is 14.9 Å². The van der Waals surface area contributed by atoms with Gasteiger partial charge in [-0.2, -0.15) is 4.98 Å². The number of nitrogens with zero attached hydrogens (tertiary/aromatic N) is 2. The molecule has 1 aromatic heterocycles. The zero-order chi connectivity index (χ0) is 13.0. The third kappa shape index (κ3) is 2.83. The SMILES string of the molecule is ONc1nc(OCc2cccc(O)c2)ncc1F. The average Bonchev–Trinajstić information content (AvgIpc) is 2.38. The van der Waals surface area contributed by atoms with Gasteiger partial charge in [-0.15, -0.1) is 0 Å². The van der Waals surface area contributed by atoms with Crippen LogP contribution in [-0.2, 0) is 6.61 Å². The number of aromatic nitrogens is 2. The molecule has 18 heavy (non-hydrogen) atoms. The van der Waals surface area contributed by atoms with Crippen molar-refractivity contribution in [2.75, 3.05) is 5.48 Å². The maximum absolute atomic E-state index is 12.9. The number of rotatable bonds is 4. The van der Waals surface area contributed by atoms with E-state index in [1.54, 1.807) is 17.6 Å². The molecule has 6 nitrogen and oxygen atoms in total. The van der Waals surface area contributed by atoms with Gasteiger partial charge in [0.2, 0.25) is 0 Å². The molecule has 2 rings (SSSR count). The monoisotopic (exact) mass is 251 g/mol. The minimum atomic E-state index is -0.790. The largest absolute Gasteiger partial charge is 0.508 e. The van der Waals surface area contributed by atoms with Gasteiger partial charge in [0.1, 0.15) is 12.4 Å². The molecule has 0 aliphatic carbocycles. The first-order valence-electron chi connectivity index (χ1n) is 5.02. The van der Waals surface area contributed by atoms with Gasteiger partial charge >= 0.3 is 6.01 Å². The summed E-state index contributed by atoms with van der Waals surface area (Å²) in [5.41, 5.74) is 2.31. The van der Waals surface area contributed by atoms with E-state index in [1.807, 2.05) is 0 Å². The molecule has 0 fully saturated rings. The van der Waals surface area contributed by atoms with Gasteiger partial charge in [-0.05, 0) is 17.7 Å². The maximum atomic E-state index is 12.9. The summed E-state index contributed by atoms with van der Waals surface area (Å²) in [6, 6.07) is 6.38. The van der Waals surface area contributed by atoms with Gasteiger partial charge in [0.05, 0.1) is 6.20 Å². The summed E-state index contributed by atoms with van der Waals surface area (Å²) in [6.07, 6.45) is 0.878. The van der Waals surface area contributed by atoms with Crippen molar-refractivity contribution in [3.05, 3.63) is 41.8 Å². The fraction of sp³-hybridized carbons (Fsp3) is 0.0909. The van der Waals surface area contributed by atoms with E-state index >= 15 is 0 Å². The molecule has 0 saturated heterocycles. The topological polar surface area (TPSA) is 87.5 Å². The number of benzene rings is 1. The lowest BCUT2D eigenvalue weighted by molar-refractivity contribution is 0.277. The number of aromatic hydroxyl groups is 1. The first-order chi connectivity index (χ1) is 8.69. The molecule has 2 aromatic rings. The molecule has 0 saturated carbocycles. The van der Waals surface area contributed by atoms with Crippen LogP contribution < -0.4 is 10.2 Å². The van der Waals surface area contributed by atoms with Crippen molar-refractivity contribution in [2.45, 2.75) is 6.61 Å². The minimum absolute atomic E-state index is 0.0868. The molecular formula is C11H10FN3O3. The summed E-state index contributed by atoms with van der Waals surface area (Å²) < 4.78 is 18.1. The number of phenols is 1. The highest BCUT2D eigenvalue weighted by atomic mass is 19.1. The van der Waals surface area contributed by atoms with Crippen LogP contribution in [0.5, 0.6) is 11.8 Å². The number of nitrogens with one attached hydrogen (secondary N) is 1. The smallest absolute Gasteiger partial charge is 0.318 e. The van der Waals surface area contributed by atoms with Crippen molar-refractivity contribution in [3.8, 4) is 11.8 Å². The number of hydrogen-bond acceptors (Lipinski definition) is 6. The molecule has 0 radical (unpaired) electrons. The summed E-state index contributed by atoms with van der Waals surface area (Å²) in [5, 5.41) is 17.8. The van der Waals surface area contributed by atoms with Gasteiger partial charge in [-0.1, -0.05) is 12.1 Å². The lowest BCUT2D eigenvalue weighted by Gasteiger charge is -2.06. The third-order valence-corrected chi connectivity index (χ3v) is 2.11. The molecule has 3 N–H and O–H groups in total. The van der Waals surface area contributed by atoms with E-state index in [2.05, 4.69) is 9.97 Å². The summed E-state index contributed by atoms with van der Waals surface area (Å²) in [7, 11) is 0. The lowest BCUT2D eigenvalue weighted by Crippen LogP contribution is -2.03. The van der Waals surface area contributed by atoms with Crippen LogP contribution >= 0.6 is 0 Å². The van der Waals surface area contributed by atoms with E-state index in [-0.39, 0.29) is 24.2 Å². The van der Waals surface area contributed by atoms with Crippen molar-refractivity contribution in [3.63, 3.8) is 0 Å². The summed E-state index contributed by atoms with van der Waals surface area (Å²) in [5.74, 6) is -1.04. The Labute approximate surface area is 102 Å². The zero-order valence-corrected chi connectivity index (χ0v) is 9.17. The quantitative estimate of drug-likeness (QED) is 0.717. The fourth-order valence-corrected chi connectivity index (χ4v) is 1.29. The Kier molecular flexibility index (Phi) is 3.54. The van der Waals surface area contributed by atoms with Gasteiger partial charge in [0.25, 0.3) is 0 Å². The molecule has 1 heterocycles. The summed E-state index contributed by atoms with van der Waals surface area (Å²) in [6.45, 7) is 0.116. The van der Waals surface area contributed by atoms with Crippen molar-refractivity contribution in [1.82, 2.24) is 9.97 Å². The molecule has 94 valence electrons. The Morgan fingerprint density at radius 1 is 1.39 bits per heavy atom. The Morgan fingerprint density at radius 2 is 2.22 bits per heavy atom. The molecule has 0 aliphatic rings. The second kappa shape index (κ2) is 5.28. The molecule has 1 aromatic carbocycles. The molecule has 0 unspecified atom stereocenters. The van der Waals surface area contributed by atoms with Crippen molar-refractivity contribution < 1.29 is 19.4 Å². The van der Waals surface area contributed by atoms with Crippen molar-refractivity contribution >= 4 is 5.82 Å². The number of ether oxygens (including phenoxy) is 1. The highest BCUT2D eigenvalue weighted by Gasteiger charge is 2.07. The van der Waals surface area contributed by atoms with E-state index in [9.17, 15) is 9.50 Å². The molecule has 0 atom stereocenters. The average molecular weight is 251 g/mol. The summed E-state index contributed by atoms with van der Waals surface area (Å²) in [4.78, 5) is 7.20. The number of anilines is 1.